The van der Waals surface area contributed by atoms with E-state index < -0.39 is 9.76 Å². The minimum Gasteiger partial charge on any atom is -0.478 e. The summed E-state index contributed by atoms with van der Waals surface area (Å²) in [5.41, 5.74) is 0. The van der Waals surface area contributed by atoms with Crippen molar-refractivity contribution in [3.05, 3.63) is 0 Å². The normalized spacial score (nSPS) is 15.6. The number of carbonyl (C=O) groups excluding carboxylic acids is 2. The summed E-state index contributed by atoms with van der Waals surface area (Å²) in [6.07, 6.45) is -0.125. The van der Waals surface area contributed by atoms with Crippen molar-refractivity contribution >= 4 is 69.9 Å². The fraction of sp³-hybridized carbons (Fsp3) is 0.333. The summed E-state index contributed by atoms with van der Waals surface area (Å²) in [7, 11) is 0. The van der Waals surface area contributed by atoms with Crippen LogP contribution in [0, 0.1) is 0 Å². The van der Waals surface area contributed by atoms with Crippen molar-refractivity contribution in [2.45, 2.75) is 10.2 Å². The molecule has 0 aromatic rings. The molecule has 0 aliphatic carbocycles. The van der Waals surface area contributed by atoms with Gasteiger partial charge in [0.15, 0.2) is 5.11 Å². The fourth-order valence-electron chi connectivity index (χ4n) is 0.519. The van der Waals surface area contributed by atoms with Gasteiger partial charge in [-0.2, -0.15) is 0 Å². The molecule has 3 N–H and O–H groups in total. The van der Waals surface area contributed by atoms with Crippen LogP contribution in [-0.2, 0) is 14.4 Å². The number of hydrogen-bond donors (Lipinski definition) is 3. The molecule has 0 saturated carbocycles. The number of carboxylic acids is 1. The Morgan fingerprint density at radius 3 is 1.75 bits per heavy atom. The second kappa shape index (κ2) is 6.19. The van der Waals surface area contributed by atoms with E-state index in [2.05, 4.69) is 22.9 Å². The largest absolute Gasteiger partial charge is 0.478 e. The Morgan fingerprint density at radius 2 is 1.56 bits per heavy atom. The lowest BCUT2D eigenvalue weighted by Gasteiger charge is -2.12. The van der Waals surface area contributed by atoms with Crippen molar-refractivity contribution in [3.63, 3.8) is 0 Å². The van der Waals surface area contributed by atoms with Crippen LogP contribution in [0.5, 0.6) is 0 Å². The van der Waals surface area contributed by atoms with Crippen molar-refractivity contribution in [1.82, 2.24) is 10.6 Å². The SMILES string of the molecule is O=C(O)C(Cl)(Cl)Cl.O=C1CC(=O)NC(=S)N1. The molecule has 1 heterocycles. The highest BCUT2D eigenvalue weighted by molar-refractivity contribution is 7.80. The average Bonchev–Trinajstić information content (AvgIpc) is 1.99. The number of nitrogens with one attached hydrogen (secondary N) is 2. The van der Waals surface area contributed by atoms with E-state index in [4.69, 9.17) is 39.9 Å². The second-order valence-corrected chi connectivity index (χ2v) is 5.09. The standard InChI is InChI=1S/C4H4N2O2S.C2HCl3O2/c7-2-1-3(8)6-4(9)5-2;3-2(4,5)1(6)7/h1H2,(H2,5,6,7,8,9);(H,6,7). The molecule has 2 amide bonds. The molecule has 0 aromatic carbocycles. The van der Waals surface area contributed by atoms with Crippen molar-refractivity contribution < 1.29 is 19.5 Å². The van der Waals surface area contributed by atoms with Gasteiger partial charge in [-0.15, -0.1) is 0 Å². The van der Waals surface area contributed by atoms with Gasteiger partial charge in [-0.1, -0.05) is 34.8 Å². The molecule has 1 fully saturated rings. The van der Waals surface area contributed by atoms with Gasteiger partial charge < -0.3 is 15.7 Å². The summed E-state index contributed by atoms with van der Waals surface area (Å²) >= 11 is 18.9. The topological polar surface area (TPSA) is 95.5 Å². The van der Waals surface area contributed by atoms with Crippen molar-refractivity contribution in [1.29, 1.82) is 0 Å². The Bertz CT molecular complexity index is 296. The molecule has 90 valence electrons. The highest BCUT2D eigenvalue weighted by atomic mass is 35.6. The van der Waals surface area contributed by atoms with Crippen LogP contribution >= 0.6 is 47.0 Å². The fourth-order valence-corrected chi connectivity index (χ4v) is 0.746. The van der Waals surface area contributed by atoms with Gasteiger partial charge in [0.1, 0.15) is 6.42 Å². The molecule has 1 aliphatic heterocycles. The predicted octanol–water partition coefficient (Wildman–Crippen LogP) is 0.349. The summed E-state index contributed by atoms with van der Waals surface area (Å²) < 4.78 is -2.17. The number of carbonyl (C=O) groups is 3. The van der Waals surface area contributed by atoms with Gasteiger partial charge in [0.05, 0.1) is 0 Å². The molecular weight excluding hydrogens is 303 g/mol. The van der Waals surface area contributed by atoms with E-state index in [9.17, 15) is 14.4 Å². The van der Waals surface area contributed by atoms with E-state index in [0.717, 1.165) is 0 Å². The molecule has 0 atom stereocenters. The van der Waals surface area contributed by atoms with Crippen molar-refractivity contribution in [2.24, 2.45) is 0 Å². The number of hydrogen-bond acceptors (Lipinski definition) is 4. The van der Waals surface area contributed by atoms with E-state index in [0.29, 0.717) is 0 Å². The van der Waals surface area contributed by atoms with Crippen LogP contribution in [0.25, 0.3) is 0 Å². The highest BCUT2D eigenvalue weighted by Crippen LogP contribution is 2.25. The Kier molecular flexibility index (Phi) is 5.95. The average molecular weight is 308 g/mol. The zero-order chi connectivity index (χ0) is 12.9. The third kappa shape index (κ3) is 6.78. The number of amides is 2. The van der Waals surface area contributed by atoms with Gasteiger partial charge >= 0.3 is 5.97 Å². The molecule has 0 aromatic heterocycles. The highest BCUT2D eigenvalue weighted by Gasteiger charge is 2.29. The maximum Gasteiger partial charge on any atom is 0.356 e. The lowest BCUT2D eigenvalue weighted by Crippen LogP contribution is -2.49. The third-order valence-electron chi connectivity index (χ3n) is 1.07. The number of thiocarbonyl (C=S) groups is 1. The van der Waals surface area contributed by atoms with Crippen LogP contribution in [0.1, 0.15) is 6.42 Å². The number of alkyl halides is 3. The van der Waals surface area contributed by atoms with Gasteiger partial charge in [-0.3, -0.25) is 9.59 Å². The minimum absolute atomic E-state index is 0.0938. The van der Waals surface area contributed by atoms with E-state index in [1.54, 1.807) is 0 Å². The Morgan fingerprint density at radius 1 is 1.25 bits per heavy atom. The molecule has 1 rings (SSSR count). The van der Waals surface area contributed by atoms with E-state index in [1.807, 2.05) is 0 Å². The number of carboxylic acid groups (broad SMARTS) is 1. The smallest absolute Gasteiger partial charge is 0.356 e. The first-order chi connectivity index (χ1) is 7.12. The van der Waals surface area contributed by atoms with Crippen LogP contribution < -0.4 is 10.6 Å². The predicted molar refractivity (Wildman–Crippen MR) is 61.4 cm³/mol. The lowest BCUT2D eigenvalue weighted by atomic mass is 10.3. The Labute approximate surface area is 110 Å². The third-order valence-corrected chi connectivity index (χ3v) is 1.76. The first-order valence-corrected chi connectivity index (χ1v) is 5.11. The summed E-state index contributed by atoms with van der Waals surface area (Å²) in [5.74, 6) is -2.15. The monoisotopic (exact) mass is 306 g/mol. The molecular formula is C6H5Cl3N2O4S. The zero-order valence-electron chi connectivity index (χ0n) is 7.42. The Balaban J connectivity index is 0.000000293. The molecule has 1 aliphatic rings. The molecule has 0 radical (unpaired) electrons. The lowest BCUT2D eigenvalue weighted by molar-refractivity contribution is -0.136. The van der Waals surface area contributed by atoms with Crippen LogP contribution in [0.15, 0.2) is 0 Å². The molecule has 1 saturated heterocycles. The van der Waals surface area contributed by atoms with E-state index >= 15 is 0 Å². The van der Waals surface area contributed by atoms with Gasteiger partial charge in [-0.25, -0.2) is 4.79 Å². The maximum atomic E-state index is 10.4. The van der Waals surface area contributed by atoms with Crippen LogP contribution in [0.3, 0.4) is 0 Å². The van der Waals surface area contributed by atoms with Gasteiger partial charge in [0, 0.05) is 0 Å². The summed E-state index contributed by atoms with van der Waals surface area (Å²) in [6.45, 7) is 0. The second-order valence-electron chi connectivity index (χ2n) is 2.41. The molecule has 16 heavy (non-hydrogen) atoms. The summed E-state index contributed by atoms with van der Waals surface area (Å²) in [5, 5.41) is 12.5. The number of aliphatic carboxylic acids is 1. The van der Waals surface area contributed by atoms with Gasteiger partial charge in [0.25, 0.3) is 3.79 Å². The van der Waals surface area contributed by atoms with Gasteiger partial charge in [0.2, 0.25) is 11.8 Å². The quantitative estimate of drug-likeness (QED) is 0.341. The summed E-state index contributed by atoms with van der Waals surface area (Å²) in [4.78, 5) is 30.5. The van der Waals surface area contributed by atoms with Gasteiger partial charge in [-0.05, 0) is 12.2 Å². The summed E-state index contributed by atoms with van der Waals surface area (Å²) in [6, 6.07) is 0. The number of rotatable bonds is 0. The zero-order valence-corrected chi connectivity index (χ0v) is 10.5. The first kappa shape index (κ1) is 15.4. The van der Waals surface area contributed by atoms with E-state index in [-0.39, 0.29) is 23.3 Å². The first-order valence-electron chi connectivity index (χ1n) is 3.56. The maximum absolute atomic E-state index is 10.4. The molecule has 0 spiro atoms. The van der Waals surface area contributed by atoms with Crippen molar-refractivity contribution in [2.75, 3.05) is 0 Å². The molecule has 10 heteroatoms. The van der Waals surface area contributed by atoms with Crippen molar-refractivity contribution in [3.8, 4) is 0 Å². The van der Waals surface area contributed by atoms with Crippen LogP contribution in [0.4, 0.5) is 0 Å². The van der Waals surface area contributed by atoms with E-state index in [1.165, 1.54) is 0 Å². The molecule has 0 bridgehead atoms. The molecule has 0 unspecified atom stereocenters. The minimum atomic E-state index is -2.17. The van der Waals surface area contributed by atoms with Crippen LogP contribution in [0.2, 0.25) is 0 Å². The Hall–Kier alpha value is -0.630. The van der Waals surface area contributed by atoms with Crippen LogP contribution in [-0.4, -0.2) is 31.8 Å². The number of halogens is 3. The molecule has 6 nitrogen and oxygen atoms in total.